The fourth-order valence-corrected chi connectivity index (χ4v) is 1.41. The molecule has 1 aromatic rings. The van der Waals surface area contributed by atoms with E-state index in [1.165, 1.54) is 6.07 Å². The van der Waals surface area contributed by atoms with Crippen molar-refractivity contribution >= 4 is 28.8 Å². The normalized spacial score (nSPS) is 11.5. The summed E-state index contributed by atoms with van der Waals surface area (Å²) in [5.41, 5.74) is 4.78. The minimum atomic E-state index is -4.38. The van der Waals surface area contributed by atoms with Gasteiger partial charge in [0.1, 0.15) is 0 Å². The maximum atomic E-state index is 12.3. The number of alkyl halides is 3. The van der Waals surface area contributed by atoms with Crippen molar-refractivity contribution < 1.29 is 13.2 Å². The van der Waals surface area contributed by atoms with Crippen molar-refractivity contribution in [3.05, 3.63) is 34.3 Å². The molecule has 1 rings (SSSR count). The van der Waals surface area contributed by atoms with Crippen LogP contribution in [0.4, 0.5) is 13.2 Å². The SMILES string of the molecule is NC(=S)Cc1cc(C(F)(F)F)ccc1Cl. The van der Waals surface area contributed by atoms with E-state index >= 15 is 0 Å². The second kappa shape index (κ2) is 4.37. The largest absolute Gasteiger partial charge is 0.416 e. The predicted molar refractivity (Wildman–Crippen MR) is 56.9 cm³/mol. The third-order valence-corrected chi connectivity index (χ3v) is 2.25. The number of benzene rings is 1. The van der Waals surface area contributed by atoms with E-state index in [9.17, 15) is 13.2 Å². The lowest BCUT2D eigenvalue weighted by Gasteiger charge is -2.09. The van der Waals surface area contributed by atoms with Crippen LogP contribution in [0.5, 0.6) is 0 Å². The van der Waals surface area contributed by atoms with Crippen LogP contribution in [0.25, 0.3) is 0 Å². The minimum Gasteiger partial charge on any atom is -0.393 e. The molecule has 2 N–H and O–H groups in total. The molecular formula is C9H7ClF3NS. The Morgan fingerprint density at radius 1 is 1.40 bits per heavy atom. The van der Waals surface area contributed by atoms with Crippen molar-refractivity contribution in [2.45, 2.75) is 12.6 Å². The zero-order valence-corrected chi connectivity index (χ0v) is 9.01. The van der Waals surface area contributed by atoms with E-state index < -0.39 is 11.7 Å². The van der Waals surface area contributed by atoms with Gasteiger partial charge in [-0.2, -0.15) is 13.2 Å². The van der Waals surface area contributed by atoms with Gasteiger partial charge in [-0.25, -0.2) is 0 Å². The number of thiocarbonyl (C=S) groups is 1. The number of hydrogen-bond donors (Lipinski definition) is 1. The summed E-state index contributed by atoms with van der Waals surface area (Å²) < 4.78 is 37.0. The lowest BCUT2D eigenvalue weighted by atomic mass is 10.1. The Morgan fingerprint density at radius 2 is 2.00 bits per heavy atom. The highest BCUT2D eigenvalue weighted by Gasteiger charge is 2.30. The molecule has 0 aliphatic carbocycles. The van der Waals surface area contributed by atoms with Crippen LogP contribution in [0.3, 0.4) is 0 Å². The van der Waals surface area contributed by atoms with Gasteiger partial charge in [0, 0.05) is 11.4 Å². The lowest BCUT2D eigenvalue weighted by molar-refractivity contribution is -0.137. The highest BCUT2D eigenvalue weighted by molar-refractivity contribution is 7.80. The van der Waals surface area contributed by atoms with Crippen molar-refractivity contribution in [1.82, 2.24) is 0 Å². The Balaban J connectivity index is 3.11. The van der Waals surface area contributed by atoms with Crippen LogP contribution < -0.4 is 5.73 Å². The molecule has 0 unspecified atom stereocenters. The molecule has 0 atom stereocenters. The van der Waals surface area contributed by atoms with Crippen LogP contribution in [0.2, 0.25) is 5.02 Å². The summed E-state index contributed by atoms with van der Waals surface area (Å²) in [6, 6.07) is 3.07. The number of rotatable bonds is 2. The molecule has 15 heavy (non-hydrogen) atoms. The lowest BCUT2D eigenvalue weighted by Crippen LogP contribution is -2.13. The van der Waals surface area contributed by atoms with Crippen molar-refractivity contribution in [2.75, 3.05) is 0 Å². The standard InChI is InChI=1S/C9H7ClF3NS/c10-7-2-1-6(9(11,12)13)3-5(7)4-8(14)15/h1-3H,4H2,(H2,14,15). The highest BCUT2D eigenvalue weighted by atomic mass is 35.5. The van der Waals surface area contributed by atoms with Gasteiger partial charge in [-0.3, -0.25) is 0 Å². The van der Waals surface area contributed by atoms with Gasteiger partial charge in [-0.05, 0) is 23.8 Å². The van der Waals surface area contributed by atoms with Crippen molar-refractivity contribution in [1.29, 1.82) is 0 Å². The monoisotopic (exact) mass is 253 g/mol. The van der Waals surface area contributed by atoms with E-state index in [0.717, 1.165) is 12.1 Å². The first kappa shape index (κ1) is 12.3. The van der Waals surface area contributed by atoms with Gasteiger partial charge >= 0.3 is 6.18 Å². The van der Waals surface area contributed by atoms with Crippen LogP contribution in [0.1, 0.15) is 11.1 Å². The summed E-state index contributed by atoms with van der Waals surface area (Å²) in [5.74, 6) is 0. The zero-order chi connectivity index (χ0) is 11.6. The number of halogens is 4. The summed E-state index contributed by atoms with van der Waals surface area (Å²) in [4.78, 5) is 0.108. The van der Waals surface area contributed by atoms with Crippen LogP contribution in [0.15, 0.2) is 18.2 Å². The first-order chi connectivity index (χ1) is 6.80. The molecule has 0 amide bonds. The fourth-order valence-electron chi connectivity index (χ4n) is 1.07. The van der Waals surface area contributed by atoms with E-state index in [-0.39, 0.29) is 16.4 Å². The fraction of sp³-hybridized carbons (Fsp3) is 0.222. The van der Waals surface area contributed by atoms with Crippen molar-refractivity contribution in [3.63, 3.8) is 0 Å². The molecule has 0 aliphatic heterocycles. The second-order valence-corrected chi connectivity index (χ2v) is 3.88. The number of hydrogen-bond acceptors (Lipinski definition) is 1. The molecular weight excluding hydrogens is 247 g/mol. The summed E-state index contributed by atoms with van der Waals surface area (Å²) in [6.45, 7) is 0. The molecule has 0 radical (unpaired) electrons. The molecule has 1 aromatic carbocycles. The van der Waals surface area contributed by atoms with E-state index in [4.69, 9.17) is 17.3 Å². The van der Waals surface area contributed by atoms with Gasteiger partial charge < -0.3 is 5.73 Å². The average Bonchev–Trinajstić information content (AvgIpc) is 2.06. The molecule has 0 aliphatic rings. The van der Waals surface area contributed by atoms with Gasteiger partial charge in [0.25, 0.3) is 0 Å². The smallest absolute Gasteiger partial charge is 0.393 e. The van der Waals surface area contributed by atoms with E-state index in [1.807, 2.05) is 0 Å². The van der Waals surface area contributed by atoms with Gasteiger partial charge in [-0.1, -0.05) is 23.8 Å². The molecule has 0 spiro atoms. The third-order valence-electron chi connectivity index (χ3n) is 1.74. The molecule has 6 heteroatoms. The molecule has 82 valence electrons. The Labute approximate surface area is 95.0 Å². The maximum absolute atomic E-state index is 12.3. The van der Waals surface area contributed by atoms with Gasteiger partial charge in [0.2, 0.25) is 0 Å². The first-order valence-corrected chi connectivity index (χ1v) is 4.73. The van der Waals surface area contributed by atoms with Crippen LogP contribution in [-0.4, -0.2) is 4.99 Å². The molecule has 0 bridgehead atoms. The van der Waals surface area contributed by atoms with E-state index in [1.54, 1.807) is 0 Å². The van der Waals surface area contributed by atoms with Crippen LogP contribution in [0, 0.1) is 0 Å². The summed E-state index contributed by atoms with van der Waals surface area (Å²) in [5, 5.41) is 0.232. The molecule has 1 nitrogen and oxygen atoms in total. The first-order valence-electron chi connectivity index (χ1n) is 3.94. The zero-order valence-electron chi connectivity index (χ0n) is 7.44. The third kappa shape index (κ3) is 3.35. The van der Waals surface area contributed by atoms with Crippen LogP contribution >= 0.6 is 23.8 Å². The average molecular weight is 254 g/mol. The summed E-state index contributed by atoms with van der Waals surface area (Å²) >= 11 is 10.3. The topological polar surface area (TPSA) is 26.0 Å². The Morgan fingerprint density at radius 3 is 2.47 bits per heavy atom. The molecule has 0 aromatic heterocycles. The van der Waals surface area contributed by atoms with E-state index in [2.05, 4.69) is 12.2 Å². The Kier molecular flexibility index (Phi) is 3.57. The quantitative estimate of drug-likeness (QED) is 0.820. The highest BCUT2D eigenvalue weighted by Crippen LogP contribution is 2.31. The minimum absolute atomic E-state index is 0.0675. The van der Waals surface area contributed by atoms with Crippen molar-refractivity contribution in [3.8, 4) is 0 Å². The van der Waals surface area contributed by atoms with Gasteiger partial charge in [0.15, 0.2) is 0 Å². The van der Waals surface area contributed by atoms with Crippen LogP contribution in [-0.2, 0) is 12.6 Å². The molecule has 0 fully saturated rings. The van der Waals surface area contributed by atoms with Crippen molar-refractivity contribution in [2.24, 2.45) is 5.73 Å². The van der Waals surface area contributed by atoms with E-state index in [0.29, 0.717) is 5.56 Å². The summed E-state index contributed by atoms with van der Waals surface area (Å²) in [6.07, 6.45) is -4.31. The Hall–Kier alpha value is -0.810. The Bertz CT molecular complexity index is 389. The predicted octanol–water partition coefficient (Wildman–Crippen LogP) is 3.19. The number of nitrogens with two attached hydrogens (primary N) is 1. The molecule has 0 heterocycles. The molecule has 0 saturated heterocycles. The van der Waals surface area contributed by atoms with Gasteiger partial charge in [-0.15, -0.1) is 0 Å². The second-order valence-electron chi connectivity index (χ2n) is 2.95. The summed E-state index contributed by atoms with van der Waals surface area (Å²) in [7, 11) is 0. The molecule has 0 saturated carbocycles. The van der Waals surface area contributed by atoms with Gasteiger partial charge in [0.05, 0.1) is 10.6 Å². The maximum Gasteiger partial charge on any atom is 0.416 e.